The maximum Gasteiger partial charge on any atom is 0.232 e. The summed E-state index contributed by atoms with van der Waals surface area (Å²) in [4.78, 5) is 26.5. The predicted molar refractivity (Wildman–Crippen MR) is 109 cm³/mol. The van der Waals surface area contributed by atoms with Crippen molar-refractivity contribution in [3.05, 3.63) is 16.3 Å². The maximum absolute atomic E-state index is 12.8. The lowest BCUT2D eigenvalue weighted by atomic mass is 9.75. The molecule has 2 atom stereocenters. The first-order chi connectivity index (χ1) is 12.5. The van der Waals surface area contributed by atoms with Gasteiger partial charge in [-0.3, -0.25) is 4.79 Å². The molecule has 2 fully saturated rings. The molecule has 6 heteroatoms. The summed E-state index contributed by atoms with van der Waals surface area (Å²) in [6.45, 7) is 8.11. The van der Waals surface area contributed by atoms with Crippen LogP contribution in [0.25, 0.3) is 10.2 Å². The van der Waals surface area contributed by atoms with Gasteiger partial charge in [0.25, 0.3) is 0 Å². The molecule has 0 bridgehead atoms. The number of carbonyl (C=O) groups is 1. The highest BCUT2D eigenvalue weighted by molar-refractivity contribution is 8.00. The normalized spacial score (nSPS) is 23.3. The molecule has 140 valence electrons. The van der Waals surface area contributed by atoms with Gasteiger partial charge in [-0.1, -0.05) is 31.0 Å². The Morgan fingerprint density at radius 2 is 1.92 bits per heavy atom. The molecule has 0 N–H and O–H groups in total. The third kappa shape index (κ3) is 3.50. The number of amides is 1. The number of hydrogen-bond donors (Lipinski definition) is 0. The third-order valence-corrected chi connectivity index (χ3v) is 8.14. The Hall–Kier alpha value is -1.14. The Kier molecular flexibility index (Phi) is 5.24. The fraction of sp³-hybridized carbons (Fsp3) is 0.650. The summed E-state index contributed by atoms with van der Waals surface area (Å²) in [5.41, 5.74) is 1.25. The Labute approximate surface area is 163 Å². The summed E-state index contributed by atoms with van der Waals surface area (Å²) >= 11 is 3.31. The molecular weight excluding hydrogens is 362 g/mol. The zero-order chi connectivity index (χ0) is 18.3. The molecule has 2 aromatic rings. The van der Waals surface area contributed by atoms with Crippen LogP contribution in [0.5, 0.6) is 0 Å². The maximum atomic E-state index is 12.8. The van der Waals surface area contributed by atoms with Crippen molar-refractivity contribution < 1.29 is 4.79 Å². The summed E-state index contributed by atoms with van der Waals surface area (Å²) in [5.74, 6) is 3.14. The van der Waals surface area contributed by atoms with Crippen molar-refractivity contribution in [2.24, 2.45) is 11.8 Å². The number of fused-ring (bicyclic) bond motifs is 2. The van der Waals surface area contributed by atoms with E-state index in [-0.39, 0.29) is 5.91 Å². The van der Waals surface area contributed by atoms with E-state index in [4.69, 9.17) is 0 Å². The number of aryl methyl sites for hydroxylation is 3. The molecule has 2 unspecified atom stereocenters. The molecule has 1 saturated carbocycles. The van der Waals surface area contributed by atoms with E-state index in [0.717, 1.165) is 46.0 Å². The van der Waals surface area contributed by atoms with Crippen LogP contribution in [0.4, 0.5) is 0 Å². The third-order valence-electron chi connectivity index (χ3n) is 6.08. The van der Waals surface area contributed by atoms with E-state index in [0.29, 0.717) is 5.75 Å². The van der Waals surface area contributed by atoms with Gasteiger partial charge in [0.15, 0.2) is 0 Å². The van der Waals surface area contributed by atoms with Crippen molar-refractivity contribution in [1.82, 2.24) is 14.9 Å². The fourth-order valence-electron chi connectivity index (χ4n) is 4.47. The summed E-state index contributed by atoms with van der Waals surface area (Å²) < 4.78 is 0. The van der Waals surface area contributed by atoms with Gasteiger partial charge in [-0.05, 0) is 51.0 Å². The molecule has 1 aliphatic carbocycles. The molecular formula is C20H27N3OS2. The van der Waals surface area contributed by atoms with Gasteiger partial charge in [0.05, 0.1) is 5.75 Å². The lowest BCUT2D eigenvalue weighted by Gasteiger charge is -2.41. The Balaban J connectivity index is 1.45. The molecule has 3 heterocycles. The minimum absolute atomic E-state index is 0.271. The van der Waals surface area contributed by atoms with Gasteiger partial charge in [0, 0.05) is 23.4 Å². The van der Waals surface area contributed by atoms with Gasteiger partial charge in [0.2, 0.25) is 5.91 Å². The van der Waals surface area contributed by atoms with Gasteiger partial charge in [-0.25, -0.2) is 9.97 Å². The Morgan fingerprint density at radius 1 is 1.15 bits per heavy atom. The summed E-state index contributed by atoms with van der Waals surface area (Å²) in [5, 5.41) is 2.11. The molecule has 1 saturated heterocycles. The largest absolute Gasteiger partial charge is 0.342 e. The second-order valence-corrected chi connectivity index (χ2v) is 9.93. The van der Waals surface area contributed by atoms with E-state index in [1.165, 1.54) is 42.5 Å². The zero-order valence-electron chi connectivity index (χ0n) is 15.9. The van der Waals surface area contributed by atoms with E-state index in [1.807, 2.05) is 6.92 Å². The molecule has 4 nitrogen and oxygen atoms in total. The van der Waals surface area contributed by atoms with Gasteiger partial charge in [-0.2, -0.15) is 0 Å². The molecule has 4 rings (SSSR count). The average Bonchev–Trinajstić information content (AvgIpc) is 2.92. The number of thioether (sulfide) groups is 1. The van der Waals surface area contributed by atoms with Gasteiger partial charge in [0.1, 0.15) is 15.7 Å². The quantitative estimate of drug-likeness (QED) is 0.561. The molecule has 1 aliphatic heterocycles. The van der Waals surface area contributed by atoms with Crippen LogP contribution in [0.3, 0.4) is 0 Å². The number of likely N-dealkylation sites (tertiary alicyclic amines) is 1. The zero-order valence-corrected chi connectivity index (χ0v) is 17.5. The van der Waals surface area contributed by atoms with Crippen molar-refractivity contribution in [3.8, 4) is 0 Å². The van der Waals surface area contributed by atoms with Crippen LogP contribution in [0, 0.1) is 32.6 Å². The molecule has 0 aromatic carbocycles. The summed E-state index contributed by atoms with van der Waals surface area (Å²) in [6, 6.07) is 0. The monoisotopic (exact) mass is 389 g/mol. The van der Waals surface area contributed by atoms with Gasteiger partial charge < -0.3 is 4.90 Å². The Bertz CT molecular complexity index is 832. The van der Waals surface area contributed by atoms with Crippen molar-refractivity contribution in [1.29, 1.82) is 0 Å². The van der Waals surface area contributed by atoms with Crippen LogP contribution in [0.1, 0.15) is 48.4 Å². The van der Waals surface area contributed by atoms with E-state index in [2.05, 4.69) is 28.7 Å². The molecule has 2 aliphatic rings. The Morgan fingerprint density at radius 3 is 2.73 bits per heavy atom. The standard InChI is InChI=1S/C20H27N3OS2/c1-12-13(2)26-20-18(12)19(21-14(3)22-20)25-11-17(24)23-9-8-15-6-4-5-7-16(15)10-23/h15-16H,4-11H2,1-3H3. The molecule has 2 aromatic heterocycles. The molecule has 0 radical (unpaired) electrons. The van der Waals surface area contributed by atoms with Crippen molar-refractivity contribution in [2.45, 2.75) is 57.9 Å². The lowest BCUT2D eigenvalue weighted by Crippen LogP contribution is -2.45. The average molecular weight is 390 g/mol. The summed E-state index contributed by atoms with van der Waals surface area (Å²) in [7, 11) is 0. The second kappa shape index (κ2) is 7.47. The van der Waals surface area contributed by atoms with Crippen LogP contribution < -0.4 is 0 Å². The van der Waals surface area contributed by atoms with E-state index in [9.17, 15) is 4.79 Å². The van der Waals surface area contributed by atoms with Crippen LogP contribution in [0.2, 0.25) is 0 Å². The van der Waals surface area contributed by atoms with Gasteiger partial charge >= 0.3 is 0 Å². The van der Waals surface area contributed by atoms with E-state index < -0.39 is 0 Å². The van der Waals surface area contributed by atoms with Crippen LogP contribution >= 0.6 is 23.1 Å². The minimum atomic E-state index is 0.271. The number of hydrogen-bond acceptors (Lipinski definition) is 5. The number of aromatic nitrogens is 2. The predicted octanol–water partition coefficient (Wildman–Crippen LogP) is 4.75. The van der Waals surface area contributed by atoms with Crippen LogP contribution in [-0.2, 0) is 4.79 Å². The number of piperidine rings is 1. The number of nitrogens with zero attached hydrogens (tertiary/aromatic N) is 3. The molecule has 0 spiro atoms. The highest BCUT2D eigenvalue weighted by atomic mass is 32.2. The fourth-order valence-corrected chi connectivity index (χ4v) is 6.64. The SMILES string of the molecule is Cc1nc(SCC(=O)N2CCC3CCCCC3C2)c2c(C)c(C)sc2n1. The topological polar surface area (TPSA) is 46.1 Å². The van der Waals surface area contributed by atoms with Crippen molar-refractivity contribution >= 4 is 39.2 Å². The minimum Gasteiger partial charge on any atom is -0.342 e. The van der Waals surface area contributed by atoms with E-state index in [1.54, 1.807) is 23.1 Å². The summed E-state index contributed by atoms with van der Waals surface area (Å²) in [6.07, 6.45) is 6.60. The highest BCUT2D eigenvalue weighted by Crippen LogP contribution is 2.37. The first-order valence-corrected chi connectivity index (χ1v) is 11.5. The highest BCUT2D eigenvalue weighted by Gasteiger charge is 2.32. The number of rotatable bonds is 3. The second-order valence-electron chi connectivity index (χ2n) is 7.76. The van der Waals surface area contributed by atoms with Gasteiger partial charge in [-0.15, -0.1) is 11.3 Å². The lowest BCUT2D eigenvalue weighted by molar-refractivity contribution is -0.131. The molecule has 1 amide bonds. The van der Waals surface area contributed by atoms with Crippen molar-refractivity contribution in [3.63, 3.8) is 0 Å². The first kappa shape index (κ1) is 18.2. The van der Waals surface area contributed by atoms with Crippen LogP contribution in [0.15, 0.2) is 5.03 Å². The molecule has 26 heavy (non-hydrogen) atoms. The number of thiophene rings is 1. The number of carbonyl (C=O) groups excluding carboxylic acids is 1. The van der Waals surface area contributed by atoms with Crippen LogP contribution in [-0.4, -0.2) is 39.6 Å². The smallest absolute Gasteiger partial charge is 0.232 e. The van der Waals surface area contributed by atoms with E-state index >= 15 is 0 Å². The first-order valence-electron chi connectivity index (χ1n) is 9.68. The van der Waals surface area contributed by atoms with Crippen molar-refractivity contribution in [2.75, 3.05) is 18.8 Å².